The number of benzene rings is 2. The molecule has 0 bridgehead atoms. The number of likely N-dealkylation sites (tertiary alicyclic amines) is 1. The Bertz CT molecular complexity index is 1380. The van der Waals surface area contributed by atoms with E-state index in [4.69, 9.17) is 16.2 Å². The van der Waals surface area contributed by atoms with Crippen LogP contribution in [0.2, 0.25) is 0 Å². The van der Waals surface area contributed by atoms with Crippen LogP contribution < -0.4 is 16.2 Å². The highest BCUT2D eigenvalue weighted by Gasteiger charge is 2.31. The Morgan fingerprint density at radius 2 is 2.03 bits per heavy atom. The van der Waals surface area contributed by atoms with Gasteiger partial charge in [-0.2, -0.15) is 0 Å². The normalized spacial score (nSPS) is 22.1. The number of amides is 1. The second-order valence-electron chi connectivity index (χ2n) is 10.1. The maximum atomic E-state index is 14.7. The van der Waals surface area contributed by atoms with Gasteiger partial charge in [0.15, 0.2) is 0 Å². The quantitative estimate of drug-likeness (QED) is 0.249. The lowest BCUT2D eigenvalue weighted by molar-refractivity contribution is -0.383. The molecule has 38 heavy (non-hydrogen) atoms. The van der Waals surface area contributed by atoms with Gasteiger partial charge in [-0.25, -0.2) is 9.37 Å². The summed E-state index contributed by atoms with van der Waals surface area (Å²) in [5, 5.41) is 12.1. The number of ether oxygens (including phenoxy) is 1. The number of primary amides is 1. The first-order chi connectivity index (χ1) is 18.3. The first-order valence-corrected chi connectivity index (χ1v) is 13.2. The Morgan fingerprint density at radius 3 is 2.74 bits per heavy atom. The molecular formula is C27H33FN6O4. The summed E-state index contributed by atoms with van der Waals surface area (Å²) in [5.74, 6) is -0.778. The van der Waals surface area contributed by atoms with E-state index in [1.807, 2.05) is 4.57 Å². The molecule has 0 spiro atoms. The first-order valence-electron chi connectivity index (χ1n) is 13.2. The topological polar surface area (TPSA) is 143 Å². The van der Waals surface area contributed by atoms with Crippen molar-refractivity contribution in [1.82, 2.24) is 14.5 Å². The largest absolute Gasteiger partial charge is 0.491 e. The molecule has 1 amide bonds. The lowest BCUT2D eigenvalue weighted by Gasteiger charge is -2.27. The van der Waals surface area contributed by atoms with Gasteiger partial charge in [-0.1, -0.05) is 25.8 Å². The van der Waals surface area contributed by atoms with E-state index in [1.54, 1.807) is 24.5 Å². The number of likely N-dealkylation sites (N-methyl/N-ethyl adjacent to an activating group) is 1. The molecule has 2 fully saturated rings. The predicted molar refractivity (Wildman–Crippen MR) is 143 cm³/mol. The van der Waals surface area contributed by atoms with Crippen LogP contribution in [0, 0.1) is 10.1 Å². The average molecular weight is 525 g/mol. The van der Waals surface area contributed by atoms with Gasteiger partial charge in [-0.3, -0.25) is 19.8 Å². The van der Waals surface area contributed by atoms with Gasteiger partial charge in [-0.15, -0.1) is 0 Å². The van der Waals surface area contributed by atoms with Crippen molar-refractivity contribution in [3.8, 4) is 16.9 Å². The number of imidazole rings is 1. The third-order valence-electron chi connectivity index (χ3n) is 7.96. The molecule has 1 saturated heterocycles. The van der Waals surface area contributed by atoms with Crippen molar-refractivity contribution in [3.05, 3.63) is 46.3 Å². The number of hydrogen-bond acceptors (Lipinski definition) is 7. The van der Waals surface area contributed by atoms with Crippen molar-refractivity contribution in [3.63, 3.8) is 0 Å². The van der Waals surface area contributed by atoms with Gasteiger partial charge in [-0.05, 0) is 62.5 Å². The van der Waals surface area contributed by atoms with E-state index in [0.29, 0.717) is 24.1 Å². The van der Waals surface area contributed by atoms with E-state index in [0.717, 1.165) is 50.7 Å². The molecule has 1 aromatic heterocycles. The van der Waals surface area contributed by atoms with Gasteiger partial charge in [0.25, 0.3) is 5.91 Å². The number of nitrogen functional groups attached to an aromatic ring is 1. The van der Waals surface area contributed by atoms with Crippen molar-refractivity contribution in [2.24, 2.45) is 5.73 Å². The van der Waals surface area contributed by atoms with Crippen LogP contribution in [-0.2, 0) is 0 Å². The minimum atomic E-state index is -0.939. The van der Waals surface area contributed by atoms with Gasteiger partial charge in [0.1, 0.15) is 29.8 Å². The van der Waals surface area contributed by atoms with Crippen molar-refractivity contribution < 1.29 is 18.8 Å². The summed E-state index contributed by atoms with van der Waals surface area (Å²) in [4.78, 5) is 30.6. The molecule has 2 aliphatic rings. The summed E-state index contributed by atoms with van der Waals surface area (Å²) in [7, 11) is 0. The minimum Gasteiger partial charge on any atom is -0.491 e. The number of nitro benzene ring substituents is 1. The van der Waals surface area contributed by atoms with E-state index in [-0.39, 0.29) is 34.6 Å². The molecule has 3 atom stereocenters. The van der Waals surface area contributed by atoms with Crippen LogP contribution in [0.15, 0.2) is 30.6 Å². The fraction of sp³-hybridized carbons (Fsp3) is 0.481. The summed E-state index contributed by atoms with van der Waals surface area (Å²) in [6.45, 7) is 4.23. The highest BCUT2D eigenvalue weighted by molar-refractivity contribution is 6.05. The third kappa shape index (κ3) is 4.66. The Labute approximate surface area is 219 Å². The zero-order chi connectivity index (χ0) is 27.0. The first kappa shape index (κ1) is 25.9. The van der Waals surface area contributed by atoms with E-state index >= 15 is 0 Å². The van der Waals surface area contributed by atoms with Crippen LogP contribution in [-0.4, -0.2) is 57.2 Å². The molecule has 1 saturated carbocycles. The SMILES string of the molecule is CCN1CCC[C@@H]1COc1cc(-c2ccc3c(c2)ncn3[C@@H]2CCCC[C@H]2F)c([N+](=O)[O-])c(N)c1C(N)=O. The smallest absolute Gasteiger partial charge is 0.300 e. The highest BCUT2D eigenvalue weighted by atomic mass is 19.1. The van der Waals surface area contributed by atoms with Crippen LogP contribution in [0.1, 0.15) is 61.8 Å². The molecule has 0 radical (unpaired) electrons. The maximum absolute atomic E-state index is 14.7. The van der Waals surface area contributed by atoms with E-state index < -0.39 is 22.7 Å². The second-order valence-corrected chi connectivity index (χ2v) is 10.1. The Kier molecular flexibility index (Phi) is 7.20. The van der Waals surface area contributed by atoms with Crippen LogP contribution >= 0.6 is 0 Å². The molecule has 202 valence electrons. The molecule has 1 aliphatic heterocycles. The number of carbonyl (C=O) groups is 1. The number of fused-ring (bicyclic) bond motifs is 1. The second kappa shape index (κ2) is 10.6. The van der Waals surface area contributed by atoms with E-state index in [1.165, 1.54) is 6.07 Å². The van der Waals surface area contributed by atoms with E-state index in [2.05, 4.69) is 16.8 Å². The molecule has 10 nitrogen and oxygen atoms in total. The van der Waals surface area contributed by atoms with Gasteiger partial charge in [0, 0.05) is 6.04 Å². The average Bonchev–Trinajstić information content (AvgIpc) is 3.53. The van der Waals surface area contributed by atoms with Gasteiger partial charge < -0.3 is 20.8 Å². The number of alkyl halides is 1. The number of nitro groups is 1. The Morgan fingerprint density at radius 1 is 1.24 bits per heavy atom. The maximum Gasteiger partial charge on any atom is 0.300 e. The molecule has 0 unspecified atom stereocenters. The summed E-state index contributed by atoms with van der Waals surface area (Å²) in [5.41, 5.74) is 12.9. The molecule has 11 heteroatoms. The number of nitrogens with two attached hydrogens (primary N) is 2. The van der Waals surface area contributed by atoms with Crippen LogP contribution in [0.25, 0.3) is 22.2 Å². The predicted octanol–water partition coefficient (Wildman–Crippen LogP) is 4.61. The summed E-state index contributed by atoms with van der Waals surface area (Å²) >= 11 is 0. The molecule has 2 heterocycles. The molecule has 1 aliphatic carbocycles. The Hall–Kier alpha value is -3.73. The molecule has 5 rings (SSSR count). The lowest BCUT2D eigenvalue weighted by Crippen LogP contribution is -2.34. The zero-order valence-corrected chi connectivity index (χ0v) is 21.4. The number of halogens is 1. The molecular weight excluding hydrogens is 491 g/mol. The van der Waals surface area contributed by atoms with Gasteiger partial charge >= 0.3 is 5.69 Å². The molecule has 3 aromatic rings. The number of hydrogen-bond donors (Lipinski definition) is 2. The van der Waals surface area contributed by atoms with Crippen LogP contribution in [0.4, 0.5) is 15.8 Å². The zero-order valence-electron chi connectivity index (χ0n) is 21.4. The van der Waals surface area contributed by atoms with Crippen molar-refractivity contribution >= 4 is 28.3 Å². The summed E-state index contributed by atoms with van der Waals surface area (Å²) < 4.78 is 22.6. The minimum absolute atomic E-state index is 0.117. The van der Waals surface area contributed by atoms with Crippen LogP contribution in [0.3, 0.4) is 0 Å². The number of anilines is 1. The van der Waals surface area contributed by atoms with Gasteiger partial charge in [0.05, 0.1) is 33.9 Å². The fourth-order valence-electron chi connectivity index (χ4n) is 5.98. The molecule has 2 aromatic carbocycles. The fourth-order valence-corrected chi connectivity index (χ4v) is 5.98. The number of aromatic nitrogens is 2. The van der Waals surface area contributed by atoms with Crippen molar-refractivity contribution in [1.29, 1.82) is 0 Å². The standard InChI is InChI=1S/C27H33FN6O4/c1-2-32-11-5-6-17(32)14-38-23-13-18(26(34(36)37)25(29)24(23)27(30)35)16-9-10-22-20(12-16)31-15-33(22)21-8-4-3-7-19(21)28/h9-10,12-13,15,17,19,21H,2-8,11,14,29H2,1H3,(H2,30,35)/t17-,19-,21-/m1/s1. The van der Waals surface area contributed by atoms with Crippen LogP contribution in [0.5, 0.6) is 5.75 Å². The number of rotatable bonds is 8. The monoisotopic (exact) mass is 524 g/mol. The number of carbonyl (C=O) groups excluding carboxylic acids is 1. The Balaban J connectivity index is 1.56. The number of nitrogens with zero attached hydrogens (tertiary/aromatic N) is 4. The van der Waals surface area contributed by atoms with Crippen molar-refractivity contribution in [2.75, 3.05) is 25.4 Å². The van der Waals surface area contributed by atoms with Crippen molar-refractivity contribution in [2.45, 2.75) is 63.7 Å². The third-order valence-corrected chi connectivity index (χ3v) is 7.96. The highest BCUT2D eigenvalue weighted by Crippen LogP contribution is 2.43. The molecule has 4 N–H and O–H groups in total. The lowest BCUT2D eigenvalue weighted by atomic mass is 9.93. The summed E-state index contributed by atoms with van der Waals surface area (Å²) in [6.07, 6.45) is 5.80. The van der Waals surface area contributed by atoms with E-state index in [9.17, 15) is 19.3 Å². The summed E-state index contributed by atoms with van der Waals surface area (Å²) in [6, 6.07) is 6.59. The van der Waals surface area contributed by atoms with Gasteiger partial charge in [0.2, 0.25) is 0 Å².